The van der Waals surface area contributed by atoms with Crippen LogP contribution in [0.15, 0.2) is 30.3 Å². The third kappa shape index (κ3) is 1.66. The van der Waals surface area contributed by atoms with E-state index in [1.165, 1.54) is 17.6 Å². The summed E-state index contributed by atoms with van der Waals surface area (Å²) >= 11 is 1.31. The molecule has 2 N–H and O–H groups in total. The minimum Gasteiger partial charge on any atom is -0.326 e. The highest BCUT2D eigenvalue weighted by molar-refractivity contribution is 7.06. The van der Waals surface area contributed by atoms with Gasteiger partial charge in [0.05, 0.1) is 5.69 Å². The van der Waals surface area contributed by atoms with Crippen molar-refractivity contribution in [1.29, 1.82) is 0 Å². The summed E-state index contributed by atoms with van der Waals surface area (Å²) < 4.78 is 17.5. The molecule has 0 aliphatic rings. The molecule has 0 unspecified atom stereocenters. The highest BCUT2D eigenvalue weighted by atomic mass is 32.1. The molecule has 72 valence electrons. The molecule has 0 aliphatic carbocycles. The quantitative estimate of drug-likeness (QED) is 0.823. The molecule has 2 nitrogen and oxygen atoms in total. The van der Waals surface area contributed by atoms with E-state index in [0.29, 0.717) is 17.8 Å². The van der Waals surface area contributed by atoms with E-state index in [0.717, 1.165) is 4.88 Å². The van der Waals surface area contributed by atoms with Gasteiger partial charge in [-0.15, -0.1) is 0 Å². The summed E-state index contributed by atoms with van der Waals surface area (Å²) in [5, 5.41) is 0. The molecule has 0 atom stereocenters. The normalized spacial score (nSPS) is 10.4. The highest BCUT2D eigenvalue weighted by Gasteiger charge is 2.07. The average Bonchev–Trinajstić information content (AvgIpc) is 2.67. The zero-order valence-corrected chi connectivity index (χ0v) is 8.22. The number of rotatable bonds is 2. The van der Waals surface area contributed by atoms with Gasteiger partial charge in [-0.25, -0.2) is 4.39 Å². The van der Waals surface area contributed by atoms with Crippen LogP contribution in [0.5, 0.6) is 0 Å². The van der Waals surface area contributed by atoms with E-state index in [4.69, 9.17) is 5.73 Å². The Hall–Kier alpha value is -1.26. The van der Waals surface area contributed by atoms with Crippen molar-refractivity contribution in [3.8, 4) is 11.3 Å². The molecule has 0 bridgehead atoms. The van der Waals surface area contributed by atoms with Gasteiger partial charge in [-0.3, -0.25) is 0 Å². The molecule has 2 aromatic rings. The topological polar surface area (TPSA) is 38.9 Å². The van der Waals surface area contributed by atoms with E-state index < -0.39 is 0 Å². The van der Waals surface area contributed by atoms with Crippen molar-refractivity contribution in [1.82, 2.24) is 4.37 Å². The summed E-state index contributed by atoms with van der Waals surface area (Å²) in [7, 11) is 0. The van der Waals surface area contributed by atoms with Crippen molar-refractivity contribution >= 4 is 11.5 Å². The van der Waals surface area contributed by atoms with Crippen LogP contribution in [0.25, 0.3) is 11.3 Å². The molecule has 0 amide bonds. The zero-order valence-electron chi connectivity index (χ0n) is 7.40. The van der Waals surface area contributed by atoms with Gasteiger partial charge in [0.1, 0.15) is 5.82 Å². The van der Waals surface area contributed by atoms with Crippen molar-refractivity contribution in [3.05, 3.63) is 41.0 Å². The number of nitrogens with two attached hydrogens (primary N) is 1. The van der Waals surface area contributed by atoms with Crippen molar-refractivity contribution in [2.75, 3.05) is 0 Å². The van der Waals surface area contributed by atoms with Crippen LogP contribution in [0.2, 0.25) is 0 Å². The predicted molar refractivity (Wildman–Crippen MR) is 55.4 cm³/mol. The van der Waals surface area contributed by atoms with Gasteiger partial charge in [-0.05, 0) is 29.7 Å². The Morgan fingerprint density at radius 3 is 2.79 bits per heavy atom. The van der Waals surface area contributed by atoms with Gasteiger partial charge in [0.25, 0.3) is 0 Å². The Balaban J connectivity index is 2.44. The lowest BCUT2D eigenvalue weighted by Crippen LogP contribution is -1.91. The zero-order chi connectivity index (χ0) is 9.97. The predicted octanol–water partition coefficient (Wildman–Crippen LogP) is 2.41. The van der Waals surface area contributed by atoms with Crippen LogP contribution < -0.4 is 5.73 Å². The van der Waals surface area contributed by atoms with E-state index in [2.05, 4.69) is 4.37 Å². The van der Waals surface area contributed by atoms with E-state index in [1.807, 2.05) is 6.07 Å². The molecule has 0 saturated heterocycles. The molecular weight excluding hydrogens is 199 g/mol. The fraction of sp³-hybridized carbons (Fsp3) is 0.100. The van der Waals surface area contributed by atoms with Crippen LogP contribution in [0.1, 0.15) is 4.88 Å². The molecule has 0 saturated carbocycles. The van der Waals surface area contributed by atoms with Crippen molar-refractivity contribution in [3.63, 3.8) is 0 Å². The molecule has 2 rings (SSSR count). The van der Waals surface area contributed by atoms with Gasteiger partial charge in [0.2, 0.25) is 0 Å². The molecule has 14 heavy (non-hydrogen) atoms. The first-order chi connectivity index (χ1) is 6.81. The van der Waals surface area contributed by atoms with Crippen molar-refractivity contribution in [2.45, 2.75) is 6.54 Å². The second kappa shape index (κ2) is 3.86. The first-order valence-electron chi connectivity index (χ1n) is 4.22. The van der Waals surface area contributed by atoms with Crippen molar-refractivity contribution < 1.29 is 4.39 Å². The highest BCUT2D eigenvalue weighted by Crippen LogP contribution is 2.23. The van der Waals surface area contributed by atoms with E-state index in [1.54, 1.807) is 18.2 Å². The number of hydrogen-bond donors (Lipinski definition) is 1. The molecule has 0 aliphatic heterocycles. The second-order valence-corrected chi connectivity index (χ2v) is 3.75. The summed E-state index contributed by atoms with van der Waals surface area (Å²) in [5.74, 6) is -0.249. The van der Waals surface area contributed by atoms with Crippen LogP contribution >= 0.6 is 11.5 Å². The summed E-state index contributed by atoms with van der Waals surface area (Å²) in [6.07, 6.45) is 0. The minimum absolute atomic E-state index is 0.249. The van der Waals surface area contributed by atoms with Gasteiger partial charge in [0, 0.05) is 17.0 Å². The van der Waals surface area contributed by atoms with Gasteiger partial charge >= 0.3 is 0 Å². The minimum atomic E-state index is -0.249. The lowest BCUT2D eigenvalue weighted by atomic mass is 10.1. The van der Waals surface area contributed by atoms with Gasteiger partial charge in [-0.1, -0.05) is 12.1 Å². The Morgan fingerprint density at radius 1 is 1.36 bits per heavy atom. The summed E-state index contributed by atoms with van der Waals surface area (Å²) in [4.78, 5) is 0.961. The van der Waals surface area contributed by atoms with E-state index in [9.17, 15) is 4.39 Å². The lowest BCUT2D eigenvalue weighted by Gasteiger charge is -1.96. The Labute approximate surface area is 85.4 Å². The third-order valence-corrected chi connectivity index (χ3v) is 2.72. The standard InChI is InChI=1S/C10H9FN2S/c11-9-4-2-1-3-8(9)10-5-7(6-12)14-13-10/h1-5H,6,12H2. The maximum atomic E-state index is 13.3. The van der Waals surface area contributed by atoms with E-state index >= 15 is 0 Å². The number of benzene rings is 1. The number of nitrogens with zero attached hydrogens (tertiary/aromatic N) is 1. The largest absolute Gasteiger partial charge is 0.326 e. The van der Waals surface area contributed by atoms with Crippen LogP contribution in [0, 0.1) is 5.82 Å². The maximum absolute atomic E-state index is 13.3. The van der Waals surface area contributed by atoms with Crippen LogP contribution in [-0.2, 0) is 6.54 Å². The Kier molecular flexibility index (Phi) is 2.56. The van der Waals surface area contributed by atoms with Gasteiger partial charge < -0.3 is 5.73 Å². The monoisotopic (exact) mass is 208 g/mol. The molecule has 1 heterocycles. The van der Waals surface area contributed by atoms with E-state index in [-0.39, 0.29) is 5.82 Å². The van der Waals surface area contributed by atoms with Crippen LogP contribution in [-0.4, -0.2) is 4.37 Å². The fourth-order valence-corrected chi connectivity index (χ4v) is 1.81. The first kappa shape index (κ1) is 9.30. The molecule has 0 fully saturated rings. The summed E-state index contributed by atoms with van der Waals surface area (Å²) in [6.45, 7) is 0.451. The Morgan fingerprint density at radius 2 is 2.14 bits per heavy atom. The Bertz CT molecular complexity index is 439. The molecule has 1 aromatic carbocycles. The van der Waals surface area contributed by atoms with Crippen LogP contribution in [0.3, 0.4) is 0 Å². The molecular formula is C10H9FN2S. The molecule has 0 radical (unpaired) electrons. The van der Waals surface area contributed by atoms with Crippen LogP contribution in [0.4, 0.5) is 4.39 Å². The summed E-state index contributed by atoms with van der Waals surface area (Å²) in [5.41, 5.74) is 6.65. The SMILES string of the molecule is NCc1cc(-c2ccccc2F)ns1. The number of aromatic nitrogens is 1. The first-order valence-corrected chi connectivity index (χ1v) is 4.99. The molecule has 0 spiro atoms. The third-order valence-electron chi connectivity index (χ3n) is 1.91. The fourth-order valence-electron chi connectivity index (χ4n) is 1.21. The summed E-state index contributed by atoms with van der Waals surface area (Å²) in [6, 6.07) is 8.42. The average molecular weight is 208 g/mol. The smallest absolute Gasteiger partial charge is 0.132 e. The maximum Gasteiger partial charge on any atom is 0.132 e. The molecule has 1 aromatic heterocycles. The van der Waals surface area contributed by atoms with Gasteiger partial charge in [0.15, 0.2) is 0 Å². The van der Waals surface area contributed by atoms with Crippen molar-refractivity contribution in [2.24, 2.45) is 5.73 Å². The second-order valence-electron chi connectivity index (χ2n) is 2.86. The van der Waals surface area contributed by atoms with Gasteiger partial charge in [-0.2, -0.15) is 4.37 Å². The number of halogens is 1. The lowest BCUT2D eigenvalue weighted by molar-refractivity contribution is 0.631. The molecule has 4 heteroatoms. The number of hydrogen-bond acceptors (Lipinski definition) is 3.